The molecule has 0 radical (unpaired) electrons. The number of carbonyl (C=O) groups is 1. The quantitative estimate of drug-likeness (QED) is 0.607. The lowest BCUT2D eigenvalue weighted by Gasteiger charge is -2.11. The summed E-state index contributed by atoms with van der Waals surface area (Å²) in [6.07, 6.45) is -4.46. The average molecular weight is 384 g/mol. The third kappa shape index (κ3) is 4.66. The Kier molecular flexibility index (Phi) is 5.88. The lowest BCUT2D eigenvalue weighted by molar-refractivity contribution is -0.385. The predicted octanol–water partition coefficient (Wildman–Crippen LogP) is 3.56. The molecule has 0 aliphatic heterocycles. The summed E-state index contributed by atoms with van der Waals surface area (Å²) in [7, 11) is 2.61. The van der Waals surface area contributed by atoms with Gasteiger partial charge in [-0.2, -0.15) is 13.2 Å². The number of carbonyl (C=O) groups excluding carboxylic acids is 1. The van der Waals surface area contributed by atoms with Gasteiger partial charge in [-0.1, -0.05) is 12.1 Å². The first-order valence-corrected chi connectivity index (χ1v) is 7.52. The number of nitro benzene ring substituents is 1. The van der Waals surface area contributed by atoms with Crippen molar-refractivity contribution in [2.24, 2.45) is 0 Å². The molecule has 0 aromatic heterocycles. The molecule has 0 heterocycles. The number of methoxy groups -OCH3 is 2. The van der Waals surface area contributed by atoms with Crippen LogP contribution in [0, 0.1) is 10.1 Å². The van der Waals surface area contributed by atoms with Crippen LogP contribution in [0.2, 0.25) is 0 Å². The second-order valence-corrected chi connectivity index (χ2v) is 5.36. The minimum atomic E-state index is -4.46. The van der Waals surface area contributed by atoms with Crippen molar-refractivity contribution in [1.82, 2.24) is 5.32 Å². The molecule has 1 N–H and O–H groups in total. The van der Waals surface area contributed by atoms with Crippen molar-refractivity contribution >= 4 is 11.6 Å². The first-order valence-electron chi connectivity index (χ1n) is 7.52. The number of halogens is 3. The van der Waals surface area contributed by atoms with E-state index in [4.69, 9.17) is 9.47 Å². The monoisotopic (exact) mass is 384 g/mol. The van der Waals surface area contributed by atoms with Crippen LogP contribution in [0.3, 0.4) is 0 Å². The van der Waals surface area contributed by atoms with Crippen LogP contribution < -0.4 is 14.8 Å². The Morgan fingerprint density at radius 3 is 2.15 bits per heavy atom. The van der Waals surface area contributed by atoms with E-state index in [-0.39, 0.29) is 23.6 Å². The SMILES string of the molecule is COc1cc(C(=O)NCc2ccc(C(F)(F)F)cc2)c([N+](=O)[O-])cc1OC. The molecule has 1 amide bonds. The van der Waals surface area contributed by atoms with Gasteiger partial charge in [0.15, 0.2) is 11.5 Å². The van der Waals surface area contributed by atoms with Crippen LogP contribution in [0.15, 0.2) is 36.4 Å². The fourth-order valence-corrected chi connectivity index (χ4v) is 2.29. The van der Waals surface area contributed by atoms with Crippen LogP contribution in [0.4, 0.5) is 18.9 Å². The molecule has 0 saturated heterocycles. The van der Waals surface area contributed by atoms with Gasteiger partial charge >= 0.3 is 6.18 Å². The Morgan fingerprint density at radius 2 is 1.67 bits per heavy atom. The standard InChI is InChI=1S/C17H15F3N2O5/c1-26-14-7-12(13(22(24)25)8-15(14)27-2)16(23)21-9-10-3-5-11(6-4-10)17(18,19)20/h3-8H,9H2,1-2H3,(H,21,23). The summed E-state index contributed by atoms with van der Waals surface area (Å²) < 4.78 is 47.7. The topological polar surface area (TPSA) is 90.7 Å². The van der Waals surface area contributed by atoms with E-state index in [1.165, 1.54) is 32.4 Å². The lowest BCUT2D eigenvalue weighted by Crippen LogP contribution is -2.24. The molecule has 2 aromatic carbocycles. The molecule has 7 nitrogen and oxygen atoms in total. The van der Waals surface area contributed by atoms with E-state index in [9.17, 15) is 28.1 Å². The maximum absolute atomic E-state index is 12.6. The number of benzene rings is 2. The summed E-state index contributed by atoms with van der Waals surface area (Å²) >= 11 is 0. The van der Waals surface area contributed by atoms with Gasteiger partial charge in [0, 0.05) is 12.6 Å². The molecular weight excluding hydrogens is 369 g/mol. The molecule has 2 aromatic rings. The molecule has 10 heteroatoms. The molecule has 0 atom stereocenters. The van der Waals surface area contributed by atoms with Crippen molar-refractivity contribution in [3.8, 4) is 11.5 Å². The van der Waals surface area contributed by atoms with Crippen LogP contribution in [0.5, 0.6) is 11.5 Å². The third-order valence-electron chi connectivity index (χ3n) is 3.68. The predicted molar refractivity (Wildman–Crippen MR) is 88.8 cm³/mol. The zero-order valence-corrected chi connectivity index (χ0v) is 14.3. The highest BCUT2D eigenvalue weighted by atomic mass is 19.4. The zero-order valence-electron chi connectivity index (χ0n) is 14.3. The summed E-state index contributed by atoms with van der Waals surface area (Å²) in [5.41, 5.74) is -1.16. The molecule has 144 valence electrons. The number of nitro groups is 1. The highest BCUT2D eigenvalue weighted by Gasteiger charge is 2.30. The summed E-state index contributed by atoms with van der Waals surface area (Å²) in [6.45, 7) is -0.109. The van der Waals surface area contributed by atoms with Gasteiger partial charge in [-0.25, -0.2) is 0 Å². The third-order valence-corrected chi connectivity index (χ3v) is 3.68. The number of amides is 1. The maximum atomic E-state index is 12.6. The van der Waals surface area contributed by atoms with Gasteiger partial charge in [0.25, 0.3) is 11.6 Å². The van der Waals surface area contributed by atoms with Crippen molar-refractivity contribution in [2.45, 2.75) is 12.7 Å². The minimum absolute atomic E-state index is 0.0866. The largest absolute Gasteiger partial charge is 0.493 e. The highest BCUT2D eigenvalue weighted by molar-refractivity contribution is 5.99. The molecule has 2 rings (SSSR count). The minimum Gasteiger partial charge on any atom is -0.493 e. The van der Waals surface area contributed by atoms with Gasteiger partial charge in [-0.05, 0) is 17.7 Å². The zero-order chi connectivity index (χ0) is 20.2. The molecular formula is C17H15F3N2O5. The summed E-state index contributed by atoms with van der Waals surface area (Å²) in [5, 5.41) is 13.7. The van der Waals surface area contributed by atoms with Crippen molar-refractivity contribution in [3.05, 3.63) is 63.2 Å². The van der Waals surface area contributed by atoms with Crippen molar-refractivity contribution < 1.29 is 32.4 Å². The molecule has 0 bridgehead atoms. The first-order chi connectivity index (χ1) is 12.7. The number of nitrogens with one attached hydrogen (secondary N) is 1. The van der Waals surface area contributed by atoms with Crippen LogP contribution in [0.25, 0.3) is 0 Å². The van der Waals surface area contributed by atoms with Crippen LogP contribution >= 0.6 is 0 Å². The van der Waals surface area contributed by atoms with E-state index in [0.29, 0.717) is 5.56 Å². The summed E-state index contributed by atoms with van der Waals surface area (Å²) in [6, 6.07) is 6.43. The van der Waals surface area contributed by atoms with Crippen LogP contribution in [-0.2, 0) is 12.7 Å². The second-order valence-electron chi connectivity index (χ2n) is 5.36. The van der Waals surface area contributed by atoms with Gasteiger partial charge < -0.3 is 14.8 Å². The Balaban J connectivity index is 2.21. The number of alkyl halides is 3. The number of hydrogen-bond acceptors (Lipinski definition) is 5. The average Bonchev–Trinajstić information content (AvgIpc) is 2.64. The van der Waals surface area contributed by atoms with E-state index in [1.54, 1.807) is 0 Å². The number of rotatable bonds is 6. The van der Waals surface area contributed by atoms with Crippen LogP contribution in [-0.4, -0.2) is 25.1 Å². The fraction of sp³-hybridized carbons (Fsp3) is 0.235. The Labute approximate surface area is 151 Å². The van der Waals surface area contributed by atoms with Gasteiger partial charge in [-0.15, -0.1) is 0 Å². The number of hydrogen-bond donors (Lipinski definition) is 1. The molecule has 0 aliphatic carbocycles. The Bertz CT molecular complexity index is 851. The lowest BCUT2D eigenvalue weighted by atomic mass is 10.1. The van der Waals surface area contributed by atoms with Gasteiger partial charge in [-0.3, -0.25) is 14.9 Å². The molecule has 0 fully saturated rings. The second kappa shape index (κ2) is 7.94. The van der Waals surface area contributed by atoms with Crippen molar-refractivity contribution in [2.75, 3.05) is 14.2 Å². The Morgan fingerprint density at radius 1 is 1.11 bits per heavy atom. The molecule has 27 heavy (non-hydrogen) atoms. The van der Waals surface area contributed by atoms with Gasteiger partial charge in [0.2, 0.25) is 0 Å². The number of nitrogens with zero attached hydrogens (tertiary/aromatic N) is 1. The van der Waals surface area contributed by atoms with E-state index < -0.39 is 28.3 Å². The molecule has 0 aliphatic rings. The van der Waals surface area contributed by atoms with Crippen molar-refractivity contribution in [1.29, 1.82) is 0 Å². The summed E-state index contributed by atoms with van der Waals surface area (Å²) in [4.78, 5) is 22.8. The summed E-state index contributed by atoms with van der Waals surface area (Å²) in [5.74, 6) is -0.561. The van der Waals surface area contributed by atoms with Gasteiger partial charge in [0.1, 0.15) is 5.56 Å². The van der Waals surface area contributed by atoms with E-state index >= 15 is 0 Å². The van der Waals surface area contributed by atoms with Crippen LogP contribution in [0.1, 0.15) is 21.5 Å². The number of ether oxygens (including phenoxy) is 2. The van der Waals surface area contributed by atoms with Gasteiger partial charge in [0.05, 0.1) is 30.8 Å². The molecule has 0 saturated carbocycles. The van der Waals surface area contributed by atoms with Crippen molar-refractivity contribution in [3.63, 3.8) is 0 Å². The highest BCUT2D eigenvalue weighted by Crippen LogP contribution is 2.34. The fourth-order valence-electron chi connectivity index (χ4n) is 2.29. The molecule has 0 unspecified atom stereocenters. The first kappa shape index (κ1) is 20.0. The van der Waals surface area contributed by atoms with E-state index in [1.807, 2.05) is 0 Å². The Hall–Kier alpha value is -3.30. The normalized spacial score (nSPS) is 11.0. The molecule has 0 spiro atoms. The smallest absolute Gasteiger partial charge is 0.416 e. The van der Waals surface area contributed by atoms with E-state index in [0.717, 1.165) is 18.2 Å². The van der Waals surface area contributed by atoms with E-state index in [2.05, 4.69) is 5.32 Å². The maximum Gasteiger partial charge on any atom is 0.416 e.